The summed E-state index contributed by atoms with van der Waals surface area (Å²) in [6.45, 7) is 2.02. The summed E-state index contributed by atoms with van der Waals surface area (Å²) in [5, 5.41) is -0.406. The van der Waals surface area contributed by atoms with E-state index in [-0.39, 0.29) is 18.2 Å². The first-order valence-electron chi connectivity index (χ1n) is 9.64. The molecule has 0 N–H and O–H groups in total. The molecule has 3 aromatic carbocycles. The van der Waals surface area contributed by atoms with Gasteiger partial charge in [0.2, 0.25) is 17.7 Å². The van der Waals surface area contributed by atoms with Gasteiger partial charge in [-0.05, 0) is 55.5 Å². The van der Waals surface area contributed by atoms with Gasteiger partial charge in [-0.15, -0.1) is 11.8 Å². The molecule has 1 aliphatic rings. The van der Waals surface area contributed by atoms with Crippen LogP contribution in [0.3, 0.4) is 0 Å². The van der Waals surface area contributed by atoms with E-state index in [2.05, 4.69) is 4.98 Å². The van der Waals surface area contributed by atoms with E-state index in [1.165, 1.54) is 16.7 Å². The number of aromatic nitrogens is 1. The molecule has 1 aromatic heterocycles. The van der Waals surface area contributed by atoms with E-state index in [9.17, 15) is 9.59 Å². The average molecular weight is 414 g/mol. The van der Waals surface area contributed by atoms with Crippen LogP contribution in [0.5, 0.6) is 0 Å². The van der Waals surface area contributed by atoms with Crippen molar-refractivity contribution in [2.75, 3.05) is 4.90 Å². The van der Waals surface area contributed by atoms with Crippen LogP contribution >= 0.6 is 11.8 Å². The molecule has 5 nitrogen and oxygen atoms in total. The lowest BCUT2D eigenvalue weighted by molar-refractivity contribution is -0.121. The molecule has 0 aliphatic carbocycles. The molecule has 4 aromatic rings. The first kappa shape index (κ1) is 18.6. The summed E-state index contributed by atoms with van der Waals surface area (Å²) in [4.78, 5) is 32.2. The van der Waals surface area contributed by atoms with Crippen LogP contribution in [-0.2, 0) is 9.59 Å². The van der Waals surface area contributed by atoms with Crippen molar-refractivity contribution in [2.24, 2.45) is 0 Å². The third-order valence-corrected chi connectivity index (χ3v) is 6.27. The fourth-order valence-corrected chi connectivity index (χ4v) is 4.55. The molecule has 0 saturated carbocycles. The molecule has 5 rings (SSSR count). The molecule has 0 spiro atoms. The molecule has 1 atom stereocenters. The number of nitrogens with zero attached hydrogens (tertiary/aromatic N) is 2. The molecule has 1 saturated heterocycles. The molecule has 30 heavy (non-hydrogen) atoms. The largest absolute Gasteiger partial charge is 0.436 e. The van der Waals surface area contributed by atoms with Crippen LogP contribution in [0.4, 0.5) is 5.69 Å². The summed E-state index contributed by atoms with van der Waals surface area (Å²) in [7, 11) is 0. The molecule has 148 valence electrons. The number of para-hydroxylation sites is 2. The van der Waals surface area contributed by atoms with Gasteiger partial charge in [0.05, 0.1) is 10.9 Å². The predicted octanol–water partition coefficient (Wildman–Crippen LogP) is 5.23. The maximum atomic E-state index is 12.9. The zero-order chi connectivity index (χ0) is 20.7. The molecule has 0 bridgehead atoms. The average Bonchev–Trinajstić information content (AvgIpc) is 3.31. The Balaban J connectivity index is 1.36. The van der Waals surface area contributed by atoms with Gasteiger partial charge in [-0.1, -0.05) is 29.8 Å². The van der Waals surface area contributed by atoms with E-state index >= 15 is 0 Å². The van der Waals surface area contributed by atoms with Gasteiger partial charge in [0.1, 0.15) is 5.52 Å². The van der Waals surface area contributed by atoms with Gasteiger partial charge in [-0.3, -0.25) is 9.59 Å². The van der Waals surface area contributed by atoms with Crippen LogP contribution in [0.25, 0.3) is 22.6 Å². The lowest BCUT2D eigenvalue weighted by Gasteiger charge is -2.15. The lowest BCUT2D eigenvalue weighted by atomic mass is 10.2. The van der Waals surface area contributed by atoms with Crippen molar-refractivity contribution in [2.45, 2.75) is 23.5 Å². The van der Waals surface area contributed by atoms with Crippen molar-refractivity contribution in [3.8, 4) is 11.5 Å². The van der Waals surface area contributed by atoms with Gasteiger partial charge >= 0.3 is 0 Å². The Labute approximate surface area is 177 Å². The predicted molar refractivity (Wildman–Crippen MR) is 117 cm³/mol. The number of hydrogen-bond donors (Lipinski definition) is 0. The van der Waals surface area contributed by atoms with Gasteiger partial charge in [-0.2, -0.15) is 0 Å². The highest BCUT2D eigenvalue weighted by molar-refractivity contribution is 8.00. The molecular formula is C24H18N2O3S. The summed E-state index contributed by atoms with van der Waals surface area (Å²) < 4.78 is 5.79. The van der Waals surface area contributed by atoms with E-state index in [0.29, 0.717) is 11.6 Å². The maximum absolute atomic E-state index is 12.9. The monoisotopic (exact) mass is 414 g/mol. The van der Waals surface area contributed by atoms with Gasteiger partial charge in [-0.25, -0.2) is 9.88 Å². The molecule has 0 radical (unpaired) electrons. The first-order valence-corrected chi connectivity index (χ1v) is 10.5. The minimum Gasteiger partial charge on any atom is -0.436 e. The Bertz CT molecular complexity index is 1210. The fourth-order valence-electron chi connectivity index (χ4n) is 3.50. The molecule has 1 aliphatic heterocycles. The van der Waals surface area contributed by atoms with Crippen molar-refractivity contribution in [1.29, 1.82) is 0 Å². The van der Waals surface area contributed by atoms with Crippen LogP contribution in [0.1, 0.15) is 12.0 Å². The van der Waals surface area contributed by atoms with Crippen LogP contribution < -0.4 is 4.90 Å². The summed E-state index contributed by atoms with van der Waals surface area (Å²) in [5.41, 5.74) is 4.03. The summed E-state index contributed by atoms with van der Waals surface area (Å²) in [5.74, 6) is 0.147. The number of benzene rings is 3. The van der Waals surface area contributed by atoms with Gasteiger partial charge in [0.25, 0.3) is 0 Å². The molecule has 6 heteroatoms. The second kappa shape index (κ2) is 7.46. The van der Waals surface area contributed by atoms with E-state index in [4.69, 9.17) is 4.42 Å². The number of rotatable bonds is 4. The third kappa shape index (κ3) is 3.39. The fraction of sp³-hybridized carbons (Fsp3) is 0.125. The number of thioether (sulfide) groups is 1. The number of anilines is 1. The van der Waals surface area contributed by atoms with E-state index in [0.717, 1.165) is 27.1 Å². The number of fused-ring (bicyclic) bond motifs is 1. The Hall–Kier alpha value is -3.38. The van der Waals surface area contributed by atoms with Gasteiger partial charge in [0, 0.05) is 16.9 Å². The van der Waals surface area contributed by atoms with Crippen LogP contribution in [0.15, 0.2) is 82.1 Å². The number of imide groups is 1. The standard InChI is InChI=1S/C24H18N2O3S/c1-15-6-12-18(13-7-15)30-21-14-22(27)26(24(21)28)17-10-8-16(9-11-17)23-25-19-4-2-3-5-20(19)29-23/h2-13,21H,14H2,1H3. The van der Waals surface area contributed by atoms with E-state index in [1.54, 1.807) is 12.1 Å². The van der Waals surface area contributed by atoms with E-state index in [1.807, 2.05) is 67.6 Å². The zero-order valence-corrected chi connectivity index (χ0v) is 17.1. The van der Waals surface area contributed by atoms with E-state index < -0.39 is 5.25 Å². The Morgan fingerprint density at radius 1 is 0.967 bits per heavy atom. The zero-order valence-electron chi connectivity index (χ0n) is 16.2. The highest BCUT2D eigenvalue weighted by atomic mass is 32.2. The van der Waals surface area contributed by atoms with Crippen LogP contribution in [-0.4, -0.2) is 22.0 Å². The third-order valence-electron chi connectivity index (χ3n) is 5.07. The number of carbonyl (C=O) groups excluding carboxylic acids is 2. The number of carbonyl (C=O) groups is 2. The molecule has 2 amide bonds. The van der Waals surface area contributed by atoms with Crippen molar-refractivity contribution in [3.05, 3.63) is 78.4 Å². The molecule has 1 unspecified atom stereocenters. The van der Waals surface area contributed by atoms with Gasteiger partial charge < -0.3 is 4.42 Å². The Morgan fingerprint density at radius 2 is 1.70 bits per heavy atom. The highest BCUT2D eigenvalue weighted by Gasteiger charge is 2.40. The molecular weight excluding hydrogens is 396 g/mol. The molecule has 1 fully saturated rings. The number of amides is 2. The minimum absolute atomic E-state index is 0.180. The second-order valence-corrected chi connectivity index (χ2v) is 8.50. The Morgan fingerprint density at radius 3 is 2.43 bits per heavy atom. The first-order chi connectivity index (χ1) is 14.6. The summed E-state index contributed by atoms with van der Waals surface area (Å²) >= 11 is 1.44. The Kier molecular flexibility index (Phi) is 4.64. The van der Waals surface area contributed by atoms with Crippen molar-refractivity contribution in [1.82, 2.24) is 4.98 Å². The normalized spacial score (nSPS) is 16.6. The SMILES string of the molecule is Cc1ccc(SC2CC(=O)N(c3ccc(-c4nc5ccccc5o4)cc3)C2=O)cc1. The van der Waals surface area contributed by atoms with Crippen molar-refractivity contribution >= 4 is 40.4 Å². The van der Waals surface area contributed by atoms with Gasteiger partial charge in [0.15, 0.2) is 5.58 Å². The number of hydrogen-bond acceptors (Lipinski definition) is 5. The second-order valence-electron chi connectivity index (χ2n) is 7.22. The quantitative estimate of drug-likeness (QED) is 0.428. The number of oxazole rings is 1. The summed E-state index contributed by atoms with van der Waals surface area (Å²) in [6.07, 6.45) is 0.199. The number of aryl methyl sites for hydroxylation is 1. The molecule has 2 heterocycles. The van der Waals surface area contributed by atoms with Crippen LogP contribution in [0, 0.1) is 6.92 Å². The minimum atomic E-state index is -0.406. The smallest absolute Gasteiger partial charge is 0.247 e. The summed E-state index contributed by atoms with van der Waals surface area (Å²) in [6, 6.07) is 22.7. The topological polar surface area (TPSA) is 63.4 Å². The van der Waals surface area contributed by atoms with Crippen LogP contribution in [0.2, 0.25) is 0 Å². The lowest BCUT2D eigenvalue weighted by Crippen LogP contribution is -2.31. The van der Waals surface area contributed by atoms with Crippen molar-refractivity contribution in [3.63, 3.8) is 0 Å². The maximum Gasteiger partial charge on any atom is 0.247 e. The van der Waals surface area contributed by atoms with Crippen molar-refractivity contribution < 1.29 is 14.0 Å². The highest BCUT2D eigenvalue weighted by Crippen LogP contribution is 2.35.